The van der Waals surface area contributed by atoms with E-state index in [1.54, 1.807) is 0 Å². The van der Waals surface area contributed by atoms with Gasteiger partial charge in [0.1, 0.15) is 6.17 Å². The molecule has 1 aromatic rings. The Morgan fingerprint density at radius 1 is 1.50 bits per heavy atom. The van der Waals surface area contributed by atoms with E-state index in [2.05, 4.69) is 0 Å². The van der Waals surface area contributed by atoms with E-state index in [-0.39, 0.29) is 17.0 Å². The molecule has 76 valence electrons. The van der Waals surface area contributed by atoms with Gasteiger partial charge in [-0.2, -0.15) is 0 Å². The highest BCUT2D eigenvalue weighted by atomic mass is 35.5. The smallest absolute Gasteiger partial charge is 0.220 e. The molecule has 5 heteroatoms. The van der Waals surface area contributed by atoms with Crippen molar-refractivity contribution < 1.29 is 9.18 Å². The second-order valence-corrected chi connectivity index (χ2v) is 3.65. The number of primary amides is 1. The van der Waals surface area contributed by atoms with Crippen molar-refractivity contribution in [1.82, 2.24) is 0 Å². The van der Waals surface area contributed by atoms with Gasteiger partial charge in [-0.05, 0) is 12.1 Å². The zero-order chi connectivity index (χ0) is 10.7. The molecule has 1 aromatic carbocycles. The van der Waals surface area contributed by atoms with Crippen LogP contribution >= 0.6 is 23.2 Å². The average molecular weight is 236 g/mol. The van der Waals surface area contributed by atoms with Gasteiger partial charge in [0, 0.05) is 15.6 Å². The Bertz CT molecular complexity index is 357. The van der Waals surface area contributed by atoms with Gasteiger partial charge >= 0.3 is 0 Å². The Hall–Kier alpha value is -0.800. The monoisotopic (exact) mass is 235 g/mol. The predicted octanol–water partition coefficient (Wildman–Crippen LogP) is 2.88. The van der Waals surface area contributed by atoms with Crippen molar-refractivity contribution in [2.24, 2.45) is 5.73 Å². The fourth-order valence-corrected chi connectivity index (χ4v) is 1.57. The maximum absolute atomic E-state index is 13.4. The number of alkyl halides is 1. The molecule has 0 saturated carbocycles. The molecule has 0 spiro atoms. The van der Waals surface area contributed by atoms with Crippen LogP contribution in [0.25, 0.3) is 0 Å². The summed E-state index contributed by atoms with van der Waals surface area (Å²) in [5, 5.41) is 0.622. The van der Waals surface area contributed by atoms with Gasteiger partial charge in [-0.3, -0.25) is 4.79 Å². The number of benzene rings is 1. The first-order valence-corrected chi connectivity index (χ1v) is 4.63. The maximum atomic E-state index is 13.4. The first-order chi connectivity index (χ1) is 6.50. The van der Waals surface area contributed by atoms with Gasteiger partial charge in [0.25, 0.3) is 0 Å². The van der Waals surface area contributed by atoms with Crippen molar-refractivity contribution in [2.75, 3.05) is 0 Å². The zero-order valence-electron chi connectivity index (χ0n) is 7.14. The molecule has 1 rings (SSSR count). The number of hydrogen-bond acceptors (Lipinski definition) is 1. The quantitative estimate of drug-likeness (QED) is 0.861. The van der Waals surface area contributed by atoms with E-state index in [0.717, 1.165) is 0 Å². The predicted molar refractivity (Wildman–Crippen MR) is 54.1 cm³/mol. The number of carbonyl (C=O) groups is 1. The third-order valence-electron chi connectivity index (χ3n) is 1.68. The van der Waals surface area contributed by atoms with E-state index < -0.39 is 12.1 Å². The van der Waals surface area contributed by atoms with Crippen molar-refractivity contribution in [2.45, 2.75) is 12.6 Å². The van der Waals surface area contributed by atoms with Crippen LogP contribution in [0.1, 0.15) is 18.2 Å². The van der Waals surface area contributed by atoms with Crippen molar-refractivity contribution in [3.8, 4) is 0 Å². The molecular weight excluding hydrogens is 228 g/mol. The SMILES string of the molecule is NC(=O)CC(F)c1ccc(Cl)cc1Cl. The van der Waals surface area contributed by atoms with Crippen LogP contribution in [0, 0.1) is 0 Å². The topological polar surface area (TPSA) is 43.1 Å². The molecular formula is C9H8Cl2FNO. The van der Waals surface area contributed by atoms with Gasteiger partial charge in [0.05, 0.1) is 6.42 Å². The number of hydrogen-bond donors (Lipinski definition) is 1. The first kappa shape index (κ1) is 11.3. The van der Waals surface area contributed by atoms with Crippen LogP contribution in [0.5, 0.6) is 0 Å². The number of rotatable bonds is 3. The van der Waals surface area contributed by atoms with E-state index in [0.29, 0.717) is 5.02 Å². The second kappa shape index (κ2) is 4.62. The van der Waals surface area contributed by atoms with Gasteiger partial charge < -0.3 is 5.73 Å². The second-order valence-electron chi connectivity index (χ2n) is 2.80. The minimum Gasteiger partial charge on any atom is -0.370 e. The third kappa shape index (κ3) is 2.86. The lowest BCUT2D eigenvalue weighted by molar-refractivity contribution is -0.119. The molecule has 2 N–H and O–H groups in total. The fraction of sp³-hybridized carbons (Fsp3) is 0.222. The highest BCUT2D eigenvalue weighted by Crippen LogP contribution is 2.30. The Kier molecular flexibility index (Phi) is 3.72. The summed E-state index contributed by atoms with van der Waals surface area (Å²) in [6, 6.07) is 4.38. The molecule has 0 aliphatic rings. The summed E-state index contributed by atoms with van der Waals surface area (Å²) in [6.45, 7) is 0. The van der Waals surface area contributed by atoms with E-state index in [1.165, 1.54) is 18.2 Å². The number of carbonyl (C=O) groups excluding carboxylic acids is 1. The molecule has 0 heterocycles. The Labute approximate surface area is 90.8 Å². The maximum Gasteiger partial charge on any atom is 0.220 e. The van der Waals surface area contributed by atoms with Gasteiger partial charge in [-0.25, -0.2) is 4.39 Å². The van der Waals surface area contributed by atoms with Crippen LogP contribution in [0.4, 0.5) is 4.39 Å². The van der Waals surface area contributed by atoms with Crippen molar-refractivity contribution >= 4 is 29.1 Å². The van der Waals surface area contributed by atoms with E-state index in [1.807, 2.05) is 0 Å². The highest BCUT2D eigenvalue weighted by Gasteiger charge is 2.16. The van der Waals surface area contributed by atoms with Crippen molar-refractivity contribution in [3.63, 3.8) is 0 Å². The summed E-state index contributed by atoms with van der Waals surface area (Å²) in [5.41, 5.74) is 5.09. The lowest BCUT2D eigenvalue weighted by atomic mass is 10.1. The van der Waals surface area contributed by atoms with Crippen LogP contribution in [-0.2, 0) is 4.79 Å². The largest absolute Gasteiger partial charge is 0.370 e. The molecule has 0 saturated heterocycles. The van der Waals surface area contributed by atoms with Crippen molar-refractivity contribution in [3.05, 3.63) is 33.8 Å². The minimum absolute atomic E-state index is 0.200. The minimum atomic E-state index is -1.47. The number of nitrogens with two attached hydrogens (primary N) is 1. The first-order valence-electron chi connectivity index (χ1n) is 3.88. The van der Waals surface area contributed by atoms with Crippen LogP contribution in [0.2, 0.25) is 10.0 Å². The van der Waals surface area contributed by atoms with Gasteiger partial charge in [-0.1, -0.05) is 29.3 Å². The zero-order valence-corrected chi connectivity index (χ0v) is 8.65. The van der Waals surface area contributed by atoms with Crippen molar-refractivity contribution in [1.29, 1.82) is 0 Å². The van der Waals surface area contributed by atoms with Gasteiger partial charge in [0.2, 0.25) is 5.91 Å². The van der Waals surface area contributed by atoms with Gasteiger partial charge in [0.15, 0.2) is 0 Å². The Morgan fingerprint density at radius 3 is 2.64 bits per heavy atom. The Morgan fingerprint density at radius 2 is 2.14 bits per heavy atom. The summed E-state index contributed by atoms with van der Waals surface area (Å²) < 4.78 is 13.4. The van der Waals surface area contributed by atoms with Crippen LogP contribution < -0.4 is 5.73 Å². The van der Waals surface area contributed by atoms with Crippen LogP contribution in [0.15, 0.2) is 18.2 Å². The molecule has 0 bridgehead atoms. The van der Waals surface area contributed by atoms with E-state index in [4.69, 9.17) is 28.9 Å². The van der Waals surface area contributed by atoms with Crippen LogP contribution in [-0.4, -0.2) is 5.91 Å². The molecule has 14 heavy (non-hydrogen) atoms. The van der Waals surface area contributed by atoms with Crippen LogP contribution in [0.3, 0.4) is 0 Å². The molecule has 1 atom stereocenters. The molecule has 0 aliphatic heterocycles. The fourth-order valence-electron chi connectivity index (χ4n) is 1.04. The van der Waals surface area contributed by atoms with E-state index in [9.17, 15) is 9.18 Å². The Balaban J connectivity index is 2.90. The van der Waals surface area contributed by atoms with Gasteiger partial charge in [-0.15, -0.1) is 0 Å². The molecule has 2 nitrogen and oxygen atoms in total. The summed E-state index contributed by atoms with van der Waals surface area (Å²) in [5.74, 6) is -0.705. The standard InChI is InChI=1S/C9H8Cl2FNO/c10-5-1-2-6(7(11)3-5)8(12)4-9(13)14/h1-3,8H,4H2,(H2,13,14). The van der Waals surface area contributed by atoms with E-state index >= 15 is 0 Å². The molecule has 0 radical (unpaired) electrons. The summed E-state index contributed by atoms with van der Waals surface area (Å²) in [4.78, 5) is 10.5. The summed E-state index contributed by atoms with van der Waals surface area (Å²) in [6.07, 6.45) is -1.85. The molecule has 1 unspecified atom stereocenters. The lowest BCUT2D eigenvalue weighted by Crippen LogP contribution is -2.13. The lowest BCUT2D eigenvalue weighted by Gasteiger charge is -2.08. The third-order valence-corrected chi connectivity index (χ3v) is 2.24. The molecule has 0 fully saturated rings. The highest BCUT2D eigenvalue weighted by molar-refractivity contribution is 6.35. The molecule has 0 aliphatic carbocycles. The number of halogens is 3. The number of amides is 1. The summed E-state index contributed by atoms with van der Waals surface area (Å²) >= 11 is 11.4. The molecule has 0 aromatic heterocycles. The summed E-state index contributed by atoms with van der Waals surface area (Å²) in [7, 11) is 0. The normalized spacial score (nSPS) is 12.5. The average Bonchev–Trinajstić information content (AvgIpc) is 2.01. The molecule has 1 amide bonds.